The lowest BCUT2D eigenvalue weighted by Gasteiger charge is -2.21. The first-order valence-corrected chi connectivity index (χ1v) is 7.22. The van der Waals surface area contributed by atoms with Crippen molar-refractivity contribution in [3.05, 3.63) is 53.9 Å². The van der Waals surface area contributed by atoms with Crippen molar-refractivity contribution in [1.29, 1.82) is 0 Å². The minimum absolute atomic E-state index is 0.823. The van der Waals surface area contributed by atoms with Gasteiger partial charge in [-0.1, -0.05) is 12.1 Å². The average molecular weight is 269 g/mol. The quantitative estimate of drug-likeness (QED) is 0.863. The van der Waals surface area contributed by atoms with Crippen LogP contribution in [0.15, 0.2) is 42.7 Å². The molecular weight excluding hydrogens is 246 g/mol. The molecule has 0 radical (unpaired) electrons. The number of pyridine rings is 1. The Morgan fingerprint density at radius 3 is 2.35 bits per heavy atom. The van der Waals surface area contributed by atoms with E-state index in [2.05, 4.69) is 66.3 Å². The van der Waals surface area contributed by atoms with Crippen LogP contribution >= 0.6 is 0 Å². The number of benzene rings is 1. The van der Waals surface area contributed by atoms with Crippen LogP contribution in [0.4, 0.5) is 11.4 Å². The summed E-state index contributed by atoms with van der Waals surface area (Å²) in [5.74, 6) is 0. The summed E-state index contributed by atoms with van der Waals surface area (Å²) in [6.07, 6.45) is 3.72. The molecule has 1 heterocycles. The van der Waals surface area contributed by atoms with Crippen LogP contribution < -0.4 is 10.2 Å². The first-order chi connectivity index (χ1) is 9.72. The highest BCUT2D eigenvalue weighted by atomic mass is 15.1. The first kappa shape index (κ1) is 14.4. The van der Waals surface area contributed by atoms with Crippen molar-refractivity contribution in [2.24, 2.45) is 0 Å². The fourth-order valence-corrected chi connectivity index (χ4v) is 2.27. The molecule has 0 saturated carbocycles. The van der Waals surface area contributed by atoms with Gasteiger partial charge in [-0.2, -0.15) is 0 Å². The van der Waals surface area contributed by atoms with E-state index in [4.69, 9.17) is 0 Å². The van der Waals surface area contributed by atoms with Crippen molar-refractivity contribution in [1.82, 2.24) is 4.98 Å². The van der Waals surface area contributed by atoms with Gasteiger partial charge in [0.05, 0.1) is 5.69 Å². The maximum absolute atomic E-state index is 4.19. The van der Waals surface area contributed by atoms with E-state index in [1.54, 1.807) is 0 Å². The number of rotatable bonds is 6. The zero-order chi connectivity index (χ0) is 14.4. The van der Waals surface area contributed by atoms with Gasteiger partial charge in [0, 0.05) is 37.7 Å². The predicted molar refractivity (Wildman–Crippen MR) is 86.3 cm³/mol. The van der Waals surface area contributed by atoms with Gasteiger partial charge in [-0.3, -0.25) is 4.98 Å². The summed E-state index contributed by atoms with van der Waals surface area (Å²) in [5.41, 5.74) is 4.81. The Kier molecular flexibility index (Phi) is 4.99. The molecule has 2 rings (SSSR count). The van der Waals surface area contributed by atoms with Gasteiger partial charge in [-0.15, -0.1) is 0 Å². The number of nitrogens with one attached hydrogen (secondary N) is 1. The summed E-state index contributed by atoms with van der Waals surface area (Å²) in [5, 5.41) is 3.40. The molecule has 1 aromatic heterocycles. The van der Waals surface area contributed by atoms with Gasteiger partial charge in [0.15, 0.2) is 0 Å². The SMILES string of the molecule is CCN(CC)c1ccc(CNc2cncc(C)c2)cc1. The minimum atomic E-state index is 0.823. The Morgan fingerprint density at radius 2 is 1.75 bits per heavy atom. The van der Waals surface area contributed by atoms with Crippen LogP contribution in [-0.4, -0.2) is 18.1 Å². The van der Waals surface area contributed by atoms with E-state index >= 15 is 0 Å². The average Bonchev–Trinajstić information content (AvgIpc) is 2.48. The molecule has 0 amide bonds. The second-order valence-electron chi connectivity index (χ2n) is 4.94. The van der Waals surface area contributed by atoms with Crippen LogP contribution in [0.5, 0.6) is 0 Å². The summed E-state index contributed by atoms with van der Waals surface area (Å²) in [7, 11) is 0. The Hall–Kier alpha value is -2.03. The van der Waals surface area contributed by atoms with Gasteiger partial charge in [0.2, 0.25) is 0 Å². The van der Waals surface area contributed by atoms with E-state index < -0.39 is 0 Å². The number of anilines is 2. The van der Waals surface area contributed by atoms with E-state index in [1.165, 1.54) is 16.8 Å². The summed E-state index contributed by atoms with van der Waals surface area (Å²) < 4.78 is 0. The van der Waals surface area contributed by atoms with E-state index in [0.717, 1.165) is 25.3 Å². The van der Waals surface area contributed by atoms with Crippen LogP contribution in [0.25, 0.3) is 0 Å². The van der Waals surface area contributed by atoms with E-state index in [0.29, 0.717) is 0 Å². The normalized spacial score (nSPS) is 10.3. The van der Waals surface area contributed by atoms with Crippen molar-refractivity contribution in [2.45, 2.75) is 27.3 Å². The molecular formula is C17H23N3. The third-order valence-corrected chi connectivity index (χ3v) is 3.44. The van der Waals surface area contributed by atoms with Crippen LogP contribution in [-0.2, 0) is 6.54 Å². The van der Waals surface area contributed by atoms with Crippen LogP contribution in [0.1, 0.15) is 25.0 Å². The van der Waals surface area contributed by atoms with Crippen molar-refractivity contribution >= 4 is 11.4 Å². The molecule has 0 fully saturated rings. The number of nitrogens with zero attached hydrogens (tertiary/aromatic N) is 2. The minimum Gasteiger partial charge on any atom is -0.380 e. The molecule has 0 unspecified atom stereocenters. The Morgan fingerprint density at radius 1 is 1.05 bits per heavy atom. The zero-order valence-corrected chi connectivity index (χ0v) is 12.6. The molecule has 0 aliphatic heterocycles. The third-order valence-electron chi connectivity index (χ3n) is 3.44. The first-order valence-electron chi connectivity index (χ1n) is 7.22. The Labute approximate surface area is 121 Å². The largest absolute Gasteiger partial charge is 0.380 e. The van der Waals surface area contributed by atoms with E-state index in [-0.39, 0.29) is 0 Å². The highest BCUT2D eigenvalue weighted by molar-refractivity contribution is 5.48. The van der Waals surface area contributed by atoms with Crippen molar-refractivity contribution in [3.8, 4) is 0 Å². The van der Waals surface area contributed by atoms with Crippen molar-refractivity contribution < 1.29 is 0 Å². The molecule has 1 N–H and O–H groups in total. The van der Waals surface area contributed by atoms with Gasteiger partial charge in [0.1, 0.15) is 0 Å². The fourth-order valence-electron chi connectivity index (χ4n) is 2.27. The number of hydrogen-bond donors (Lipinski definition) is 1. The van der Waals surface area contributed by atoms with Gasteiger partial charge in [-0.25, -0.2) is 0 Å². The predicted octanol–water partition coefficient (Wildman–Crippen LogP) is 3.85. The Bertz CT molecular complexity index is 530. The molecule has 0 aliphatic rings. The highest BCUT2D eigenvalue weighted by Crippen LogP contribution is 2.16. The number of aryl methyl sites for hydroxylation is 1. The van der Waals surface area contributed by atoms with E-state index in [1.807, 2.05) is 12.4 Å². The third kappa shape index (κ3) is 3.73. The summed E-state index contributed by atoms with van der Waals surface area (Å²) >= 11 is 0. The number of hydrogen-bond acceptors (Lipinski definition) is 3. The second-order valence-corrected chi connectivity index (χ2v) is 4.94. The molecule has 3 nitrogen and oxygen atoms in total. The lowest BCUT2D eigenvalue weighted by Crippen LogP contribution is -2.21. The fraction of sp³-hybridized carbons (Fsp3) is 0.353. The summed E-state index contributed by atoms with van der Waals surface area (Å²) in [6.45, 7) is 9.33. The molecule has 20 heavy (non-hydrogen) atoms. The molecule has 3 heteroatoms. The molecule has 0 atom stereocenters. The maximum Gasteiger partial charge on any atom is 0.0532 e. The van der Waals surface area contributed by atoms with Crippen LogP contribution in [0.2, 0.25) is 0 Å². The van der Waals surface area contributed by atoms with Gasteiger partial charge >= 0.3 is 0 Å². The van der Waals surface area contributed by atoms with Gasteiger partial charge in [-0.05, 0) is 50.1 Å². The van der Waals surface area contributed by atoms with Gasteiger partial charge in [0.25, 0.3) is 0 Å². The molecule has 0 spiro atoms. The van der Waals surface area contributed by atoms with Crippen molar-refractivity contribution in [2.75, 3.05) is 23.3 Å². The van der Waals surface area contributed by atoms with Crippen LogP contribution in [0.3, 0.4) is 0 Å². The molecule has 0 aliphatic carbocycles. The highest BCUT2D eigenvalue weighted by Gasteiger charge is 2.01. The van der Waals surface area contributed by atoms with Crippen LogP contribution in [0, 0.1) is 6.92 Å². The second kappa shape index (κ2) is 6.94. The number of aromatic nitrogens is 1. The lowest BCUT2D eigenvalue weighted by atomic mass is 10.2. The summed E-state index contributed by atoms with van der Waals surface area (Å²) in [4.78, 5) is 6.54. The zero-order valence-electron chi connectivity index (χ0n) is 12.6. The molecule has 1 aromatic carbocycles. The smallest absolute Gasteiger partial charge is 0.0532 e. The summed E-state index contributed by atoms with van der Waals surface area (Å²) in [6, 6.07) is 10.9. The lowest BCUT2D eigenvalue weighted by molar-refractivity contribution is 0.865. The molecule has 106 valence electrons. The topological polar surface area (TPSA) is 28.2 Å². The van der Waals surface area contributed by atoms with Gasteiger partial charge < -0.3 is 10.2 Å². The monoisotopic (exact) mass is 269 g/mol. The molecule has 0 bridgehead atoms. The Balaban J connectivity index is 1.97. The van der Waals surface area contributed by atoms with E-state index in [9.17, 15) is 0 Å². The molecule has 2 aromatic rings. The molecule has 0 saturated heterocycles. The van der Waals surface area contributed by atoms with Crippen molar-refractivity contribution in [3.63, 3.8) is 0 Å². The standard InChI is InChI=1S/C17H23N3/c1-4-20(5-2)17-8-6-15(7-9-17)12-19-16-10-14(3)11-18-13-16/h6-11,13,19H,4-5,12H2,1-3H3. The maximum atomic E-state index is 4.19.